The summed E-state index contributed by atoms with van der Waals surface area (Å²) in [6.07, 6.45) is 6.61. The van der Waals surface area contributed by atoms with Gasteiger partial charge in [0.2, 0.25) is 0 Å². The molecule has 2 atom stereocenters. The summed E-state index contributed by atoms with van der Waals surface area (Å²) in [6.45, 7) is 6.59. The summed E-state index contributed by atoms with van der Waals surface area (Å²) in [5.41, 5.74) is 7.25. The lowest BCUT2D eigenvalue weighted by Crippen LogP contribution is -2.33. The Balaban J connectivity index is 1.71. The van der Waals surface area contributed by atoms with Crippen molar-refractivity contribution in [1.29, 1.82) is 0 Å². The summed E-state index contributed by atoms with van der Waals surface area (Å²) in [7, 11) is 1.42. The number of ether oxygens (including phenoxy) is 1. The lowest BCUT2D eigenvalue weighted by molar-refractivity contribution is 0.0600. The van der Waals surface area contributed by atoms with Gasteiger partial charge >= 0.3 is 5.97 Å². The summed E-state index contributed by atoms with van der Waals surface area (Å²) in [5, 5.41) is 0. The molecule has 2 unspecified atom stereocenters. The first-order valence-electron chi connectivity index (χ1n) is 8.58. The fourth-order valence-corrected chi connectivity index (χ4v) is 4.54. The Labute approximate surface area is 143 Å². The Morgan fingerprint density at radius 3 is 2.83 bits per heavy atom. The van der Waals surface area contributed by atoms with Gasteiger partial charge in [-0.15, -0.1) is 0 Å². The number of aliphatic imine (C=N–C) groups is 1. The zero-order valence-corrected chi connectivity index (χ0v) is 14.7. The predicted octanol–water partition coefficient (Wildman–Crippen LogP) is 4.54. The number of hydrogen-bond donors (Lipinski definition) is 0. The van der Waals surface area contributed by atoms with E-state index in [1.54, 1.807) is 0 Å². The molecule has 1 saturated carbocycles. The zero-order valence-electron chi connectivity index (χ0n) is 14.7. The van der Waals surface area contributed by atoms with Crippen molar-refractivity contribution < 1.29 is 9.53 Å². The minimum Gasteiger partial charge on any atom is -0.465 e. The molecule has 3 nitrogen and oxygen atoms in total. The molecule has 2 aliphatic carbocycles. The lowest BCUT2D eigenvalue weighted by Gasteiger charge is -2.37. The van der Waals surface area contributed by atoms with Crippen molar-refractivity contribution in [2.24, 2.45) is 10.9 Å². The summed E-state index contributed by atoms with van der Waals surface area (Å²) in [5.74, 6) is 0.649. The van der Waals surface area contributed by atoms with Crippen LogP contribution in [0, 0.1) is 5.92 Å². The number of hydrogen-bond acceptors (Lipinski definition) is 3. The molecule has 3 heteroatoms. The Hall–Kier alpha value is -2.16. The van der Waals surface area contributed by atoms with Crippen molar-refractivity contribution >= 4 is 17.8 Å². The SMILES string of the molecule is COC(=O)c1ccc2c(c1)C=C1CC3=NC(C)(C)C=C(C)C3CC12. The molecule has 0 saturated heterocycles. The lowest BCUT2D eigenvalue weighted by atomic mass is 9.71. The molecule has 3 aliphatic rings. The van der Waals surface area contributed by atoms with Gasteiger partial charge in [-0.3, -0.25) is 4.99 Å². The van der Waals surface area contributed by atoms with Gasteiger partial charge in [0.1, 0.15) is 0 Å². The van der Waals surface area contributed by atoms with E-state index < -0.39 is 0 Å². The molecule has 1 aliphatic heterocycles. The number of nitrogens with zero attached hydrogens (tertiary/aromatic N) is 1. The third kappa shape index (κ3) is 2.34. The number of dihydropyridines is 1. The molecule has 1 fully saturated rings. The molecule has 24 heavy (non-hydrogen) atoms. The maximum Gasteiger partial charge on any atom is 0.337 e. The van der Waals surface area contributed by atoms with E-state index >= 15 is 0 Å². The van der Waals surface area contributed by atoms with E-state index in [0.29, 0.717) is 17.4 Å². The van der Waals surface area contributed by atoms with E-state index in [2.05, 4.69) is 39.0 Å². The first-order valence-corrected chi connectivity index (χ1v) is 8.58. The smallest absolute Gasteiger partial charge is 0.337 e. The van der Waals surface area contributed by atoms with Gasteiger partial charge in [0.05, 0.1) is 18.2 Å². The topological polar surface area (TPSA) is 38.7 Å². The molecule has 0 bridgehead atoms. The van der Waals surface area contributed by atoms with Gasteiger partial charge in [-0.2, -0.15) is 0 Å². The number of carbonyl (C=O) groups excluding carboxylic acids is 1. The zero-order chi connectivity index (χ0) is 17.1. The van der Waals surface area contributed by atoms with E-state index in [1.807, 2.05) is 12.1 Å². The summed E-state index contributed by atoms with van der Waals surface area (Å²) >= 11 is 0. The number of carbonyl (C=O) groups is 1. The molecule has 0 radical (unpaired) electrons. The van der Waals surface area contributed by atoms with Crippen molar-refractivity contribution in [3.63, 3.8) is 0 Å². The average molecular weight is 321 g/mol. The number of benzene rings is 1. The second-order valence-corrected chi connectivity index (χ2v) is 7.72. The Morgan fingerprint density at radius 2 is 2.08 bits per heavy atom. The van der Waals surface area contributed by atoms with Crippen LogP contribution in [0.1, 0.15) is 61.0 Å². The van der Waals surface area contributed by atoms with Crippen LogP contribution >= 0.6 is 0 Å². The first-order chi connectivity index (χ1) is 11.4. The van der Waals surface area contributed by atoms with Crippen molar-refractivity contribution in [2.75, 3.05) is 7.11 Å². The predicted molar refractivity (Wildman–Crippen MR) is 96.5 cm³/mol. The van der Waals surface area contributed by atoms with Crippen LogP contribution < -0.4 is 0 Å². The van der Waals surface area contributed by atoms with Gasteiger partial charge in [0.25, 0.3) is 0 Å². The molecule has 0 N–H and O–H groups in total. The van der Waals surface area contributed by atoms with Crippen LogP contribution in [-0.2, 0) is 4.74 Å². The summed E-state index contributed by atoms with van der Waals surface area (Å²) < 4.78 is 4.84. The normalized spacial score (nSPS) is 26.4. The van der Waals surface area contributed by atoms with Crippen LogP contribution in [0.4, 0.5) is 0 Å². The van der Waals surface area contributed by atoms with Gasteiger partial charge in [0.15, 0.2) is 0 Å². The van der Waals surface area contributed by atoms with Crippen LogP contribution in [0.25, 0.3) is 6.08 Å². The second-order valence-electron chi connectivity index (χ2n) is 7.72. The molecule has 124 valence electrons. The highest BCUT2D eigenvalue weighted by Gasteiger charge is 2.39. The number of methoxy groups -OCH3 is 1. The molecule has 1 aromatic rings. The van der Waals surface area contributed by atoms with Crippen LogP contribution in [0.3, 0.4) is 0 Å². The van der Waals surface area contributed by atoms with Gasteiger partial charge < -0.3 is 4.74 Å². The van der Waals surface area contributed by atoms with Crippen LogP contribution in [-0.4, -0.2) is 24.3 Å². The maximum atomic E-state index is 11.8. The number of esters is 1. The molecule has 0 aromatic heterocycles. The fourth-order valence-electron chi connectivity index (χ4n) is 4.54. The van der Waals surface area contributed by atoms with E-state index in [-0.39, 0.29) is 11.5 Å². The van der Waals surface area contributed by atoms with Gasteiger partial charge in [-0.25, -0.2) is 4.79 Å². The fraction of sp³-hybridized carbons (Fsp3) is 0.429. The highest BCUT2D eigenvalue weighted by Crippen LogP contribution is 2.49. The van der Waals surface area contributed by atoms with Crippen LogP contribution in [0.15, 0.2) is 40.4 Å². The minimum atomic E-state index is -0.273. The minimum absolute atomic E-state index is 0.0905. The van der Waals surface area contributed by atoms with Gasteiger partial charge in [-0.05, 0) is 50.5 Å². The Morgan fingerprint density at radius 1 is 1.29 bits per heavy atom. The monoisotopic (exact) mass is 321 g/mol. The van der Waals surface area contributed by atoms with Crippen LogP contribution in [0.2, 0.25) is 0 Å². The third-order valence-electron chi connectivity index (χ3n) is 5.49. The second kappa shape index (κ2) is 5.17. The van der Waals surface area contributed by atoms with E-state index in [0.717, 1.165) is 18.4 Å². The summed E-state index contributed by atoms with van der Waals surface area (Å²) in [6, 6.07) is 5.95. The summed E-state index contributed by atoms with van der Waals surface area (Å²) in [4.78, 5) is 16.8. The van der Waals surface area contributed by atoms with E-state index in [4.69, 9.17) is 9.73 Å². The quantitative estimate of drug-likeness (QED) is 0.562. The standard InChI is InChI=1S/C21H23NO2/c1-12-11-21(2,3)22-19-9-15-8-14-7-13(20(23)24-4)5-6-16(14)18(15)10-17(12)19/h5-8,11,17-18H,9-10H2,1-4H3. The highest BCUT2D eigenvalue weighted by atomic mass is 16.5. The van der Waals surface area contributed by atoms with Crippen molar-refractivity contribution in [3.8, 4) is 0 Å². The third-order valence-corrected chi connectivity index (χ3v) is 5.49. The Bertz CT molecular complexity index is 826. The van der Waals surface area contributed by atoms with Crippen molar-refractivity contribution in [1.82, 2.24) is 0 Å². The number of allylic oxidation sites excluding steroid dienone is 2. The average Bonchev–Trinajstić information content (AvgIpc) is 2.87. The molecule has 4 rings (SSSR count). The molecule has 0 spiro atoms. The molecular formula is C21H23NO2. The largest absolute Gasteiger partial charge is 0.465 e. The number of rotatable bonds is 1. The Kier molecular flexibility index (Phi) is 3.31. The maximum absolute atomic E-state index is 11.8. The molecular weight excluding hydrogens is 298 g/mol. The highest BCUT2D eigenvalue weighted by molar-refractivity contribution is 5.96. The van der Waals surface area contributed by atoms with Crippen molar-refractivity contribution in [2.45, 2.75) is 45.1 Å². The van der Waals surface area contributed by atoms with E-state index in [1.165, 1.54) is 29.5 Å². The van der Waals surface area contributed by atoms with Gasteiger partial charge in [-0.1, -0.05) is 29.4 Å². The van der Waals surface area contributed by atoms with E-state index in [9.17, 15) is 4.79 Å². The van der Waals surface area contributed by atoms with Crippen molar-refractivity contribution in [3.05, 3.63) is 52.1 Å². The van der Waals surface area contributed by atoms with Crippen LogP contribution in [0.5, 0.6) is 0 Å². The molecule has 0 amide bonds. The first kappa shape index (κ1) is 15.4. The molecule has 1 aromatic carbocycles. The van der Waals surface area contributed by atoms with Gasteiger partial charge in [0, 0.05) is 24.0 Å². The number of fused-ring (bicyclic) bond motifs is 4. The molecule has 1 heterocycles.